The van der Waals surface area contributed by atoms with Crippen LogP contribution in [0.5, 0.6) is 0 Å². The second kappa shape index (κ2) is 9.08. The standard InChI is InChI=1S/C23H25F4N7O4/c1-22(4-5-22)31-21(35)38-15-10-36-19(18(15)24)14-6-16(33-32-14)30-20-29-13(11-2-3-11)7-17-28-12(8-34(17)20)9-37-23(25,26)27/h6-8,11,15,18-19H,2-5,9-10H2,1H3,(H,31,35)(H2,29,30,32,33)/t15-,18+,19-/m1/s1. The fourth-order valence-electron chi connectivity index (χ4n) is 4.28. The zero-order valence-electron chi connectivity index (χ0n) is 20.2. The van der Waals surface area contributed by atoms with Crippen LogP contribution in [0.2, 0.25) is 0 Å². The van der Waals surface area contributed by atoms with Gasteiger partial charge >= 0.3 is 12.5 Å². The van der Waals surface area contributed by atoms with E-state index in [1.165, 1.54) is 16.7 Å². The number of imidazole rings is 1. The predicted molar refractivity (Wildman–Crippen MR) is 122 cm³/mol. The van der Waals surface area contributed by atoms with E-state index in [1.807, 2.05) is 6.92 Å². The number of hydrogen-bond acceptors (Lipinski definition) is 8. The Morgan fingerprint density at radius 3 is 2.79 bits per heavy atom. The van der Waals surface area contributed by atoms with Crippen molar-refractivity contribution >= 4 is 23.5 Å². The minimum Gasteiger partial charge on any atom is -0.441 e. The first-order valence-electron chi connectivity index (χ1n) is 12.2. The van der Waals surface area contributed by atoms with E-state index in [9.17, 15) is 18.0 Å². The summed E-state index contributed by atoms with van der Waals surface area (Å²) < 4.78 is 68.8. The van der Waals surface area contributed by atoms with Gasteiger partial charge in [0, 0.05) is 29.8 Å². The molecule has 0 bridgehead atoms. The van der Waals surface area contributed by atoms with Crippen LogP contribution in [-0.2, 0) is 20.8 Å². The Morgan fingerprint density at radius 2 is 2.08 bits per heavy atom. The fraction of sp³-hybridized carbons (Fsp3) is 0.565. The molecule has 0 spiro atoms. The molecule has 38 heavy (non-hydrogen) atoms. The fourth-order valence-corrected chi connectivity index (χ4v) is 4.28. The molecular formula is C23H25F4N7O4. The summed E-state index contributed by atoms with van der Waals surface area (Å²) in [5.41, 5.74) is 1.27. The summed E-state index contributed by atoms with van der Waals surface area (Å²) in [5.74, 6) is 0.810. The molecule has 15 heteroatoms. The first-order valence-corrected chi connectivity index (χ1v) is 12.2. The van der Waals surface area contributed by atoms with E-state index in [1.54, 1.807) is 6.07 Å². The Labute approximate surface area is 213 Å². The molecule has 0 aromatic carbocycles. The molecule has 3 N–H and O–H groups in total. The minimum absolute atomic E-state index is 0.0771. The van der Waals surface area contributed by atoms with Crippen molar-refractivity contribution in [3.05, 3.63) is 35.4 Å². The Kier molecular flexibility index (Phi) is 5.94. The molecule has 0 unspecified atom stereocenters. The van der Waals surface area contributed by atoms with Crippen molar-refractivity contribution in [1.82, 2.24) is 29.9 Å². The number of aromatic nitrogens is 5. The highest BCUT2D eigenvalue weighted by Crippen LogP contribution is 2.40. The van der Waals surface area contributed by atoms with Crippen LogP contribution in [0.3, 0.4) is 0 Å². The van der Waals surface area contributed by atoms with Gasteiger partial charge in [-0.25, -0.2) is 19.2 Å². The molecule has 2 saturated carbocycles. The number of alkyl carbamates (subject to hydrolysis) is 1. The van der Waals surface area contributed by atoms with Crippen LogP contribution < -0.4 is 10.6 Å². The number of rotatable bonds is 8. The van der Waals surface area contributed by atoms with E-state index in [0.717, 1.165) is 31.4 Å². The van der Waals surface area contributed by atoms with Crippen molar-refractivity contribution in [2.24, 2.45) is 0 Å². The highest BCUT2D eigenvalue weighted by atomic mass is 19.4. The van der Waals surface area contributed by atoms with Crippen molar-refractivity contribution < 1.29 is 36.6 Å². The third-order valence-corrected chi connectivity index (χ3v) is 6.79. The Bertz CT molecular complexity index is 1350. The van der Waals surface area contributed by atoms with Gasteiger partial charge in [0.2, 0.25) is 5.95 Å². The summed E-state index contributed by atoms with van der Waals surface area (Å²) >= 11 is 0. The van der Waals surface area contributed by atoms with Crippen LogP contribution in [-0.4, -0.2) is 61.4 Å². The number of aromatic amines is 1. The molecule has 4 heterocycles. The van der Waals surface area contributed by atoms with Gasteiger partial charge in [0.05, 0.1) is 30.3 Å². The predicted octanol–water partition coefficient (Wildman–Crippen LogP) is 4.17. The van der Waals surface area contributed by atoms with Crippen LogP contribution in [0.25, 0.3) is 5.65 Å². The van der Waals surface area contributed by atoms with Crippen LogP contribution >= 0.6 is 0 Å². The molecule has 204 valence electrons. The number of ether oxygens (including phenoxy) is 3. The summed E-state index contributed by atoms with van der Waals surface area (Å²) in [6, 6.07) is 3.27. The third kappa shape index (κ3) is 5.38. The monoisotopic (exact) mass is 539 g/mol. The lowest BCUT2D eigenvalue weighted by Crippen LogP contribution is -2.39. The summed E-state index contributed by atoms with van der Waals surface area (Å²) in [4.78, 5) is 20.9. The van der Waals surface area contributed by atoms with Crippen molar-refractivity contribution in [1.29, 1.82) is 0 Å². The van der Waals surface area contributed by atoms with E-state index in [0.29, 0.717) is 11.3 Å². The Morgan fingerprint density at radius 1 is 1.29 bits per heavy atom. The van der Waals surface area contributed by atoms with E-state index in [-0.39, 0.29) is 35.5 Å². The van der Waals surface area contributed by atoms with Gasteiger partial charge in [-0.15, -0.1) is 13.2 Å². The van der Waals surface area contributed by atoms with E-state index in [2.05, 4.69) is 35.5 Å². The van der Waals surface area contributed by atoms with Crippen molar-refractivity contribution in [2.75, 3.05) is 11.9 Å². The lowest BCUT2D eigenvalue weighted by molar-refractivity contribution is -0.330. The number of nitrogens with zero attached hydrogens (tertiary/aromatic N) is 4. The van der Waals surface area contributed by atoms with E-state index in [4.69, 9.17) is 9.47 Å². The maximum absolute atomic E-state index is 15.1. The van der Waals surface area contributed by atoms with Gasteiger partial charge in [0.25, 0.3) is 0 Å². The first kappa shape index (κ1) is 24.9. The van der Waals surface area contributed by atoms with E-state index >= 15 is 4.39 Å². The number of anilines is 2. The summed E-state index contributed by atoms with van der Waals surface area (Å²) in [6.07, 6.45) is -4.17. The number of H-pyrrole nitrogens is 1. The number of nitrogens with one attached hydrogen (secondary N) is 3. The Balaban J connectivity index is 1.16. The second-order valence-electron chi connectivity index (χ2n) is 10.1. The van der Waals surface area contributed by atoms with Crippen molar-refractivity contribution in [3.8, 4) is 0 Å². The molecule has 0 radical (unpaired) electrons. The molecule has 3 aromatic rings. The average molecular weight is 539 g/mol. The van der Waals surface area contributed by atoms with Crippen molar-refractivity contribution in [2.45, 2.75) is 75.4 Å². The van der Waals surface area contributed by atoms with Gasteiger partial charge in [-0.2, -0.15) is 5.10 Å². The number of hydrogen-bond donors (Lipinski definition) is 3. The quantitative estimate of drug-likeness (QED) is 0.364. The minimum atomic E-state index is -4.78. The molecule has 6 rings (SSSR count). The highest BCUT2D eigenvalue weighted by molar-refractivity contribution is 5.69. The highest BCUT2D eigenvalue weighted by Gasteiger charge is 2.44. The van der Waals surface area contributed by atoms with Crippen LogP contribution in [0.4, 0.5) is 34.1 Å². The SMILES string of the molecule is CC1(NC(=O)O[C@@H]2CO[C@H](c3cc(Nc4nc(C5CC5)cc5nc(COC(F)(F)F)cn45)n[nH]3)[C@H]2F)CC1. The number of carbonyl (C=O) groups excluding carboxylic acids is 1. The summed E-state index contributed by atoms with van der Waals surface area (Å²) in [7, 11) is 0. The summed E-state index contributed by atoms with van der Waals surface area (Å²) in [6.45, 7) is 1.03. The lowest BCUT2D eigenvalue weighted by atomic mass is 10.1. The van der Waals surface area contributed by atoms with E-state index < -0.39 is 37.4 Å². The van der Waals surface area contributed by atoms with Crippen LogP contribution in [0, 0.1) is 0 Å². The van der Waals surface area contributed by atoms with Gasteiger partial charge in [-0.05, 0) is 32.6 Å². The Hall–Kier alpha value is -3.46. The molecule has 3 aromatic heterocycles. The maximum Gasteiger partial charge on any atom is 0.522 e. The van der Waals surface area contributed by atoms with Gasteiger partial charge < -0.3 is 20.1 Å². The zero-order valence-corrected chi connectivity index (χ0v) is 20.2. The smallest absolute Gasteiger partial charge is 0.441 e. The van der Waals surface area contributed by atoms with Crippen LogP contribution in [0.15, 0.2) is 18.3 Å². The zero-order chi connectivity index (χ0) is 26.7. The average Bonchev–Trinajstić information content (AvgIpc) is 3.68. The number of halogens is 4. The largest absolute Gasteiger partial charge is 0.522 e. The van der Waals surface area contributed by atoms with Gasteiger partial charge in [0.1, 0.15) is 11.8 Å². The lowest BCUT2D eigenvalue weighted by Gasteiger charge is -2.17. The summed E-state index contributed by atoms with van der Waals surface area (Å²) in [5, 5.41) is 12.6. The number of amides is 1. The molecule has 1 aliphatic heterocycles. The molecule has 3 fully saturated rings. The third-order valence-electron chi connectivity index (χ3n) is 6.79. The number of fused-ring (bicyclic) bond motifs is 1. The molecule has 3 aliphatic rings. The molecule has 11 nitrogen and oxygen atoms in total. The topological polar surface area (TPSA) is 128 Å². The molecule has 1 saturated heterocycles. The molecule has 3 atom stereocenters. The van der Waals surface area contributed by atoms with Gasteiger partial charge in [0.15, 0.2) is 18.1 Å². The van der Waals surface area contributed by atoms with Crippen molar-refractivity contribution in [3.63, 3.8) is 0 Å². The maximum atomic E-state index is 15.1. The van der Waals surface area contributed by atoms with Gasteiger partial charge in [-0.3, -0.25) is 14.2 Å². The van der Waals surface area contributed by atoms with Gasteiger partial charge in [-0.1, -0.05) is 0 Å². The van der Waals surface area contributed by atoms with Crippen LogP contribution in [0.1, 0.15) is 61.7 Å². The normalized spacial score (nSPS) is 24.5. The molecular weight excluding hydrogens is 514 g/mol. The molecule has 1 amide bonds. The number of alkyl halides is 4. The number of carbonyl (C=O) groups is 1. The first-order chi connectivity index (χ1) is 18.1. The second-order valence-corrected chi connectivity index (χ2v) is 10.1. The molecule has 2 aliphatic carbocycles.